The zero-order chi connectivity index (χ0) is 16.3. The molecule has 0 saturated carbocycles. The summed E-state index contributed by atoms with van der Waals surface area (Å²) in [6, 6.07) is 10.3. The molecule has 2 aromatic rings. The standard InChI is InChI=1S/C17H24N4O2/c1-20(2)13-17(22)9-6-11-21(12-10-17)16-18-15(19-23-16)14-7-4-3-5-8-14/h3-5,7-8,22H,6,9-13H2,1-2H3/t17-/m1/s1. The second-order valence-corrected chi connectivity index (χ2v) is 6.57. The fourth-order valence-corrected chi connectivity index (χ4v) is 3.17. The van der Waals surface area contributed by atoms with Crippen LogP contribution in [0.2, 0.25) is 0 Å². The minimum atomic E-state index is -0.638. The number of aliphatic hydroxyl groups is 1. The van der Waals surface area contributed by atoms with Crippen LogP contribution < -0.4 is 4.90 Å². The van der Waals surface area contributed by atoms with Gasteiger partial charge in [0, 0.05) is 25.2 Å². The lowest BCUT2D eigenvalue weighted by Gasteiger charge is -2.29. The summed E-state index contributed by atoms with van der Waals surface area (Å²) >= 11 is 0. The number of rotatable bonds is 4. The number of anilines is 1. The highest BCUT2D eigenvalue weighted by Gasteiger charge is 2.32. The van der Waals surface area contributed by atoms with Crippen LogP contribution in [0.5, 0.6) is 0 Å². The van der Waals surface area contributed by atoms with Gasteiger partial charge in [-0.3, -0.25) is 0 Å². The zero-order valence-corrected chi connectivity index (χ0v) is 13.8. The van der Waals surface area contributed by atoms with Gasteiger partial charge in [0.1, 0.15) is 0 Å². The molecule has 1 aromatic heterocycles. The van der Waals surface area contributed by atoms with Gasteiger partial charge in [0.05, 0.1) is 5.60 Å². The maximum Gasteiger partial charge on any atom is 0.324 e. The third-order valence-corrected chi connectivity index (χ3v) is 4.25. The smallest absolute Gasteiger partial charge is 0.324 e. The quantitative estimate of drug-likeness (QED) is 0.931. The second-order valence-electron chi connectivity index (χ2n) is 6.57. The van der Waals surface area contributed by atoms with Crippen molar-refractivity contribution in [1.82, 2.24) is 15.0 Å². The van der Waals surface area contributed by atoms with Crippen LogP contribution in [0.3, 0.4) is 0 Å². The number of hydrogen-bond donors (Lipinski definition) is 1. The molecule has 0 bridgehead atoms. The Balaban J connectivity index is 1.70. The highest BCUT2D eigenvalue weighted by atomic mass is 16.5. The van der Waals surface area contributed by atoms with Crippen molar-refractivity contribution in [2.24, 2.45) is 0 Å². The summed E-state index contributed by atoms with van der Waals surface area (Å²) in [5.74, 6) is 0.605. The average Bonchev–Trinajstić information content (AvgIpc) is 2.93. The Kier molecular flexibility index (Phi) is 4.63. The maximum absolute atomic E-state index is 10.7. The molecule has 0 unspecified atom stereocenters. The Hall–Kier alpha value is -1.92. The Bertz CT molecular complexity index is 629. The van der Waals surface area contributed by atoms with Crippen LogP contribution in [-0.4, -0.2) is 59.5 Å². The summed E-state index contributed by atoms with van der Waals surface area (Å²) in [6.07, 6.45) is 2.41. The molecule has 1 fully saturated rings. The first kappa shape index (κ1) is 16.0. The second kappa shape index (κ2) is 6.68. The average molecular weight is 316 g/mol. The van der Waals surface area contributed by atoms with E-state index in [2.05, 4.69) is 15.0 Å². The van der Waals surface area contributed by atoms with Crippen molar-refractivity contribution in [2.75, 3.05) is 38.6 Å². The molecule has 0 amide bonds. The van der Waals surface area contributed by atoms with Crippen LogP contribution in [0.4, 0.5) is 6.01 Å². The summed E-state index contributed by atoms with van der Waals surface area (Å²) in [5, 5.41) is 14.8. The van der Waals surface area contributed by atoms with Gasteiger partial charge in [-0.2, -0.15) is 4.98 Å². The third kappa shape index (κ3) is 3.89. The van der Waals surface area contributed by atoms with E-state index in [-0.39, 0.29) is 0 Å². The van der Waals surface area contributed by atoms with Crippen LogP contribution in [-0.2, 0) is 0 Å². The van der Waals surface area contributed by atoms with Crippen LogP contribution >= 0.6 is 0 Å². The molecule has 3 rings (SSSR count). The molecule has 0 aliphatic carbocycles. The van der Waals surface area contributed by atoms with Gasteiger partial charge < -0.3 is 19.4 Å². The van der Waals surface area contributed by atoms with Crippen molar-refractivity contribution in [3.63, 3.8) is 0 Å². The summed E-state index contributed by atoms with van der Waals surface area (Å²) in [5.41, 5.74) is 0.307. The van der Waals surface area contributed by atoms with Gasteiger partial charge in [0.25, 0.3) is 0 Å². The third-order valence-electron chi connectivity index (χ3n) is 4.25. The minimum Gasteiger partial charge on any atom is -0.388 e. The Morgan fingerprint density at radius 1 is 1.22 bits per heavy atom. The van der Waals surface area contributed by atoms with Gasteiger partial charge in [-0.1, -0.05) is 35.5 Å². The number of nitrogens with zero attached hydrogens (tertiary/aromatic N) is 4. The van der Waals surface area contributed by atoms with E-state index in [4.69, 9.17) is 4.52 Å². The molecule has 1 aliphatic heterocycles. The van der Waals surface area contributed by atoms with Crippen molar-refractivity contribution < 1.29 is 9.63 Å². The number of hydrogen-bond acceptors (Lipinski definition) is 6. The molecule has 0 radical (unpaired) electrons. The van der Waals surface area contributed by atoms with Crippen molar-refractivity contribution >= 4 is 6.01 Å². The van der Waals surface area contributed by atoms with E-state index < -0.39 is 5.60 Å². The van der Waals surface area contributed by atoms with E-state index in [0.717, 1.165) is 31.5 Å². The lowest BCUT2D eigenvalue weighted by atomic mass is 9.94. The molecule has 0 spiro atoms. The summed E-state index contributed by atoms with van der Waals surface area (Å²) in [4.78, 5) is 8.62. The van der Waals surface area contributed by atoms with Crippen LogP contribution in [0, 0.1) is 0 Å². The lowest BCUT2D eigenvalue weighted by molar-refractivity contribution is 0.00533. The highest BCUT2D eigenvalue weighted by molar-refractivity contribution is 5.55. The minimum absolute atomic E-state index is 0.540. The molecule has 2 heterocycles. The highest BCUT2D eigenvalue weighted by Crippen LogP contribution is 2.26. The lowest BCUT2D eigenvalue weighted by Crippen LogP contribution is -2.41. The zero-order valence-electron chi connectivity index (χ0n) is 13.8. The van der Waals surface area contributed by atoms with E-state index in [0.29, 0.717) is 24.8 Å². The van der Waals surface area contributed by atoms with E-state index in [9.17, 15) is 5.11 Å². The van der Waals surface area contributed by atoms with Crippen molar-refractivity contribution in [3.8, 4) is 11.4 Å². The van der Waals surface area contributed by atoms with Crippen molar-refractivity contribution in [3.05, 3.63) is 30.3 Å². The number of benzene rings is 1. The van der Waals surface area contributed by atoms with Gasteiger partial charge in [-0.05, 0) is 33.4 Å². The predicted octanol–water partition coefficient (Wildman–Crippen LogP) is 2.02. The van der Waals surface area contributed by atoms with Crippen LogP contribution in [0.15, 0.2) is 34.9 Å². The first-order valence-corrected chi connectivity index (χ1v) is 8.07. The molecule has 6 heteroatoms. The van der Waals surface area contributed by atoms with E-state index in [1.807, 2.05) is 49.3 Å². The van der Waals surface area contributed by atoms with Gasteiger partial charge in [0.2, 0.25) is 5.82 Å². The van der Waals surface area contributed by atoms with E-state index in [1.54, 1.807) is 0 Å². The normalized spacial score (nSPS) is 22.3. The van der Waals surface area contributed by atoms with Gasteiger partial charge in [-0.15, -0.1) is 0 Å². The molecule has 1 aromatic carbocycles. The van der Waals surface area contributed by atoms with Crippen LogP contribution in [0.25, 0.3) is 11.4 Å². The first-order valence-electron chi connectivity index (χ1n) is 8.07. The number of likely N-dealkylation sites (N-methyl/N-ethyl adjacent to an activating group) is 1. The van der Waals surface area contributed by atoms with Gasteiger partial charge >= 0.3 is 6.01 Å². The van der Waals surface area contributed by atoms with Crippen molar-refractivity contribution in [2.45, 2.75) is 24.9 Å². The molecule has 1 saturated heterocycles. The van der Waals surface area contributed by atoms with Gasteiger partial charge in [0.15, 0.2) is 0 Å². The summed E-state index contributed by atoms with van der Waals surface area (Å²) in [6.45, 7) is 2.23. The Morgan fingerprint density at radius 2 is 2.00 bits per heavy atom. The van der Waals surface area contributed by atoms with Gasteiger partial charge in [-0.25, -0.2) is 0 Å². The Morgan fingerprint density at radius 3 is 2.74 bits per heavy atom. The molecule has 6 nitrogen and oxygen atoms in total. The van der Waals surface area contributed by atoms with Crippen molar-refractivity contribution in [1.29, 1.82) is 0 Å². The summed E-state index contributed by atoms with van der Waals surface area (Å²) in [7, 11) is 3.98. The predicted molar refractivity (Wildman–Crippen MR) is 89.3 cm³/mol. The van der Waals surface area contributed by atoms with E-state index in [1.165, 1.54) is 0 Å². The molecular formula is C17H24N4O2. The number of aromatic nitrogens is 2. The molecule has 1 aliphatic rings. The molecule has 1 atom stereocenters. The fourth-order valence-electron chi connectivity index (χ4n) is 3.17. The summed E-state index contributed by atoms with van der Waals surface area (Å²) < 4.78 is 5.44. The molecule has 1 N–H and O–H groups in total. The van der Waals surface area contributed by atoms with Crippen LogP contribution in [0.1, 0.15) is 19.3 Å². The monoisotopic (exact) mass is 316 g/mol. The SMILES string of the molecule is CN(C)C[C@@]1(O)CCCN(c2nc(-c3ccccc3)no2)CC1. The molecule has 23 heavy (non-hydrogen) atoms. The molecular weight excluding hydrogens is 292 g/mol. The topological polar surface area (TPSA) is 65.6 Å². The Labute approximate surface area is 136 Å². The molecule has 124 valence electrons. The van der Waals surface area contributed by atoms with E-state index >= 15 is 0 Å². The first-order chi connectivity index (χ1) is 11.1. The maximum atomic E-state index is 10.7. The fraction of sp³-hybridized carbons (Fsp3) is 0.529. The largest absolute Gasteiger partial charge is 0.388 e.